The number of hydrogen-bond donors (Lipinski definition) is 1. The molecule has 0 unspecified atom stereocenters. The number of anilines is 1. The molecule has 0 atom stereocenters. The van der Waals surface area contributed by atoms with Gasteiger partial charge in [0.1, 0.15) is 11.6 Å². The highest BCUT2D eigenvalue weighted by Crippen LogP contribution is 2.27. The Hall–Kier alpha value is -2.63. The Kier molecular flexibility index (Phi) is 4.93. The molecule has 2 rings (SSSR count). The number of ether oxygens (including phenoxy) is 2. The summed E-state index contributed by atoms with van der Waals surface area (Å²) in [4.78, 5) is 11.9. The molecule has 1 amide bonds. The molecule has 4 nitrogen and oxygen atoms in total. The van der Waals surface area contributed by atoms with Gasteiger partial charge in [-0.1, -0.05) is 6.07 Å². The summed E-state index contributed by atoms with van der Waals surface area (Å²) in [6.45, 7) is 0. The second-order valence-electron chi connectivity index (χ2n) is 4.54. The Morgan fingerprint density at radius 2 is 1.77 bits per heavy atom. The quantitative estimate of drug-likeness (QED) is 0.923. The van der Waals surface area contributed by atoms with Crippen molar-refractivity contribution in [2.75, 3.05) is 19.5 Å². The minimum atomic E-state index is -0.819. The summed E-state index contributed by atoms with van der Waals surface area (Å²) < 4.78 is 36.5. The van der Waals surface area contributed by atoms with Crippen molar-refractivity contribution >= 4 is 11.6 Å². The number of nitrogens with one attached hydrogen (secondary N) is 1. The fraction of sp³-hybridized carbons (Fsp3) is 0.188. The first-order valence-electron chi connectivity index (χ1n) is 6.49. The van der Waals surface area contributed by atoms with Crippen LogP contribution in [0.4, 0.5) is 14.5 Å². The number of rotatable bonds is 5. The van der Waals surface area contributed by atoms with Gasteiger partial charge in [-0.15, -0.1) is 0 Å². The average molecular weight is 307 g/mol. The van der Waals surface area contributed by atoms with Gasteiger partial charge in [-0.25, -0.2) is 8.78 Å². The minimum absolute atomic E-state index is 0.0250. The van der Waals surface area contributed by atoms with E-state index in [-0.39, 0.29) is 12.1 Å². The highest BCUT2D eigenvalue weighted by atomic mass is 19.1. The lowest BCUT2D eigenvalue weighted by Gasteiger charge is -2.10. The van der Waals surface area contributed by atoms with Crippen molar-refractivity contribution in [1.82, 2.24) is 0 Å². The van der Waals surface area contributed by atoms with Crippen molar-refractivity contribution in [3.05, 3.63) is 53.6 Å². The Labute approximate surface area is 126 Å². The molecule has 0 spiro atoms. The SMILES string of the molecule is COc1ccc(CC(=O)Nc2ccc(F)cc2F)cc1OC. The van der Waals surface area contributed by atoms with E-state index >= 15 is 0 Å². The summed E-state index contributed by atoms with van der Waals surface area (Å²) in [5.74, 6) is -0.884. The van der Waals surface area contributed by atoms with Crippen LogP contribution in [-0.2, 0) is 11.2 Å². The normalized spacial score (nSPS) is 10.2. The molecule has 2 aromatic rings. The van der Waals surface area contributed by atoms with Crippen molar-refractivity contribution < 1.29 is 23.0 Å². The summed E-state index contributed by atoms with van der Waals surface area (Å²) in [6, 6.07) is 8.03. The third-order valence-electron chi connectivity index (χ3n) is 3.02. The Bertz CT molecular complexity index is 689. The van der Waals surface area contributed by atoms with Crippen molar-refractivity contribution in [2.45, 2.75) is 6.42 Å². The van der Waals surface area contributed by atoms with E-state index in [9.17, 15) is 13.6 Å². The summed E-state index contributed by atoms with van der Waals surface area (Å²) >= 11 is 0. The molecule has 0 saturated heterocycles. The fourth-order valence-electron chi connectivity index (χ4n) is 1.96. The Morgan fingerprint density at radius 3 is 2.41 bits per heavy atom. The number of benzene rings is 2. The van der Waals surface area contributed by atoms with Gasteiger partial charge in [-0.05, 0) is 29.8 Å². The van der Waals surface area contributed by atoms with Crippen LogP contribution in [0.3, 0.4) is 0 Å². The lowest BCUT2D eigenvalue weighted by Crippen LogP contribution is -2.15. The van der Waals surface area contributed by atoms with Crippen molar-refractivity contribution in [1.29, 1.82) is 0 Å². The second-order valence-corrected chi connectivity index (χ2v) is 4.54. The molecule has 0 aliphatic rings. The topological polar surface area (TPSA) is 47.6 Å². The number of amides is 1. The summed E-state index contributed by atoms with van der Waals surface area (Å²) in [7, 11) is 3.01. The first-order valence-corrected chi connectivity index (χ1v) is 6.49. The second kappa shape index (κ2) is 6.89. The highest BCUT2D eigenvalue weighted by Gasteiger charge is 2.11. The van der Waals surface area contributed by atoms with E-state index in [4.69, 9.17) is 9.47 Å². The van der Waals surface area contributed by atoms with Crippen molar-refractivity contribution in [2.24, 2.45) is 0 Å². The lowest BCUT2D eigenvalue weighted by molar-refractivity contribution is -0.115. The van der Waals surface area contributed by atoms with Crippen LogP contribution >= 0.6 is 0 Å². The van der Waals surface area contributed by atoms with Gasteiger partial charge in [0, 0.05) is 6.07 Å². The Balaban J connectivity index is 2.08. The first-order chi connectivity index (χ1) is 10.5. The maximum atomic E-state index is 13.5. The van der Waals surface area contributed by atoms with E-state index in [1.165, 1.54) is 20.3 Å². The monoisotopic (exact) mass is 307 g/mol. The maximum absolute atomic E-state index is 13.5. The highest BCUT2D eigenvalue weighted by molar-refractivity contribution is 5.92. The zero-order valence-electron chi connectivity index (χ0n) is 12.2. The molecule has 0 aliphatic heterocycles. The van der Waals surface area contributed by atoms with E-state index < -0.39 is 17.5 Å². The molecule has 22 heavy (non-hydrogen) atoms. The van der Waals surface area contributed by atoms with Crippen molar-refractivity contribution in [3.63, 3.8) is 0 Å². The van der Waals surface area contributed by atoms with Gasteiger partial charge in [-0.3, -0.25) is 4.79 Å². The molecule has 0 aromatic heterocycles. The van der Waals surface area contributed by atoms with Crippen LogP contribution in [0.25, 0.3) is 0 Å². The van der Waals surface area contributed by atoms with Crippen LogP contribution < -0.4 is 14.8 Å². The van der Waals surface area contributed by atoms with Gasteiger partial charge < -0.3 is 14.8 Å². The van der Waals surface area contributed by atoms with Crippen LogP contribution in [0, 0.1) is 11.6 Å². The summed E-state index contributed by atoms with van der Waals surface area (Å²) in [5.41, 5.74) is 0.615. The van der Waals surface area contributed by atoms with Gasteiger partial charge in [0.05, 0.1) is 26.3 Å². The van der Waals surface area contributed by atoms with E-state index in [2.05, 4.69) is 5.32 Å². The molecule has 116 valence electrons. The molecule has 0 saturated carbocycles. The number of carbonyl (C=O) groups excluding carboxylic acids is 1. The molecule has 0 radical (unpaired) electrons. The van der Waals surface area contributed by atoms with Crippen LogP contribution in [0.15, 0.2) is 36.4 Å². The number of carbonyl (C=O) groups is 1. The largest absolute Gasteiger partial charge is 0.493 e. The number of methoxy groups -OCH3 is 2. The number of hydrogen-bond acceptors (Lipinski definition) is 3. The van der Waals surface area contributed by atoms with Gasteiger partial charge >= 0.3 is 0 Å². The molecule has 0 bridgehead atoms. The molecule has 2 aromatic carbocycles. The van der Waals surface area contributed by atoms with Gasteiger partial charge in [0.15, 0.2) is 11.5 Å². The molecule has 0 heterocycles. The smallest absolute Gasteiger partial charge is 0.228 e. The van der Waals surface area contributed by atoms with Crippen LogP contribution in [0.2, 0.25) is 0 Å². The van der Waals surface area contributed by atoms with E-state index in [0.29, 0.717) is 23.1 Å². The standard InChI is InChI=1S/C16H15F2NO3/c1-21-14-6-3-10(7-15(14)22-2)8-16(20)19-13-5-4-11(17)9-12(13)18/h3-7,9H,8H2,1-2H3,(H,19,20). The Morgan fingerprint density at radius 1 is 1.05 bits per heavy atom. The zero-order valence-corrected chi connectivity index (χ0v) is 12.2. The molecule has 0 fully saturated rings. The molecular formula is C16H15F2NO3. The van der Waals surface area contributed by atoms with Crippen LogP contribution in [0.5, 0.6) is 11.5 Å². The zero-order chi connectivity index (χ0) is 16.1. The fourth-order valence-corrected chi connectivity index (χ4v) is 1.96. The maximum Gasteiger partial charge on any atom is 0.228 e. The van der Waals surface area contributed by atoms with Gasteiger partial charge in [0.25, 0.3) is 0 Å². The first kappa shape index (κ1) is 15.8. The van der Waals surface area contributed by atoms with Crippen LogP contribution in [0.1, 0.15) is 5.56 Å². The van der Waals surface area contributed by atoms with Crippen molar-refractivity contribution in [3.8, 4) is 11.5 Å². The lowest BCUT2D eigenvalue weighted by atomic mass is 10.1. The average Bonchev–Trinajstić information content (AvgIpc) is 2.50. The predicted octanol–water partition coefficient (Wildman–Crippen LogP) is 3.16. The van der Waals surface area contributed by atoms with E-state index in [1.807, 2.05) is 0 Å². The minimum Gasteiger partial charge on any atom is -0.493 e. The van der Waals surface area contributed by atoms with Crippen LogP contribution in [-0.4, -0.2) is 20.1 Å². The predicted molar refractivity (Wildman–Crippen MR) is 78.2 cm³/mol. The van der Waals surface area contributed by atoms with Gasteiger partial charge in [-0.2, -0.15) is 0 Å². The third-order valence-corrected chi connectivity index (χ3v) is 3.02. The van der Waals surface area contributed by atoms with E-state index in [0.717, 1.165) is 6.07 Å². The molecule has 0 aliphatic carbocycles. The van der Waals surface area contributed by atoms with Gasteiger partial charge in [0.2, 0.25) is 5.91 Å². The molecular weight excluding hydrogens is 292 g/mol. The number of halogens is 2. The van der Waals surface area contributed by atoms with E-state index in [1.54, 1.807) is 18.2 Å². The molecule has 6 heteroatoms. The summed E-state index contributed by atoms with van der Waals surface area (Å²) in [5, 5.41) is 2.40. The summed E-state index contributed by atoms with van der Waals surface area (Å²) in [6.07, 6.45) is 0.0250. The third kappa shape index (κ3) is 3.72. The molecule has 1 N–H and O–H groups in total.